The number of fused-ring (bicyclic) bond motifs is 1. The molecule has 114 valence electrons. The molecule has 0 aliphatic carbocycles. The van der Waals surface area contributed by atoms with Crippen molar-refractivity contribution in [3.05, 3.63) is 45.2 Å². The Kier molecular flexibility index (Phi) is 4.32. The molecule has 1 heterocycles. The van der Waals surface area contributed by atoms with Crippen molar-refractivity contribution in [3.63, 3.8) is 0 Å². The lowest BCUT2D eigenvalue weighted by Gasteiger charge is -2.15. The zero-order chi connectivity index (χ0) is 16.4. The summed E-state index contributed by atoms with van der Waals surface area (Å²) < 4.78 is 6.77. The normalized spacial score (nSPS) is 10.7. The molecular formula is C17H18N2O3. The molecule has 0 unspecified atom stereocenters. The summed E-state index contributed by atoms with van der Waals surface area (Å²) in [5.41, 5.74) is 2.20. The van der Waals surface area contributed by atoms with Crippen molar-refractivity contribution in [2.24, 2.45) is 0 Å². The van der Waals surface area contributed by atoms with Crippen LogP contribution in [0.15, 0.2) is 23.1 Å². The summed E-state index contributed by atoms with van der Waals surface area (Å²) in [6.45, 7) is 7.29. The Hall–Kier alpha value is -2.61. The van der Waals surface area contributed by atoms with Gasteiger partial charge in [-0.3, -0.25) is 9.59 Å². The lowest BCUT2D eigenvalue weighted by molar-refractivity contribution is -0.148. The van der Waals surface area contributed by atoms with Gasteiger partial charge in [-0.15, -0.1) is 0 Å². The zero-order valence-corrected chi connectivity index (χ0v) is 13.1. The van der Waals surface area contributed by atoms with Gasteiger partial charge in [0.25, 0.3) is 0 Å². The van der Waals surface area contributed by atoms with E-state index in [4.69, 9.17) is 10.00 Å². The predicted molar refractivity (Wildman–Crippen MR) is 83.6 cm³/mol. The minimum Gasteiger partial charge on any atom is -0.462 e. The average Bonchev–Trinajstić information content (AvgIpc) is 2.40. The molecule has 2 rings (SSSR count). The molecule has 0 atom stereocenters. The number of carbonyl (C=O) groups excluding carboxylic acids is 1. The van der Waals surface area contributed by atoms with Gasteiger partial charge in [-0.2, -0.15) is 5.26 Å². The molecule has 0 saturated carbocycles. The SMILES string of the molecule is Cc1cc(C)c2c(c1)c(=O)c(C#N)cn2CC(=O)OC(C)C. The van der Waals surface area contributed by atoms with Crippen LogP contribution in [0.5, 0.6) is 0 Å². The molecule has 22 heavy (non-hydrogen) atoms. The number of nitriles is 1. The quantitative estimate of drug-likeness (QED) is 0.816. The van der Waals surface area contributed by atoms with E-state index >= 15 is 0 Å². The molecule has 2 aromatic rings. The lowest BCUT2D eigenvalue weighted by Crippen LogP contribution is -2.21. The van der Waals surface area contributed by atoms with Crippen molar-refractivity contribution in [3.8, 4) is 6.07 Å². The van der Waals surface area contributed by atoms with E-state index in [0.29, 0.717) is 10.9 Å². The Labute approximate surface area is 128 Å². The summed E-state index contributed by atoms with van der Waals surface area (Å²) in [5, 5.41) is 9.59. The highest BCUT2D eigenvalue weighted by molar-refractivity contribution is 5.85. The first kappa shape index (κ1) is 15.8. The smallest absolute Gasteiger partial charge is 0.326 e. The molecule has 1 aromatic carbocycles. The summed E-state index contributed by atoms with van der Waals surface area (Å²) in [6, 6.07) is 5.58. The fourth-order valence-corrected chi connectivity index (χ4v) is 2.58. The summed E-state index contributed by atoms with van der Waals surface area (Å²) >= 11 is 0. The zero-order valence-electron chi connectivity index (χ0n) is 13.1. The molecule has 0 aliphatic heterocycles. The second-order valence-corrected chi connectivity index (χ2v) is 5.63. The van der Waals surface area contributed by atoms with Crippen LogP contribution in [0.1, 0.15) is 30.5 Å². The minimum atomic E-state index is -0.399. The van der Waals surface area contributed by atoms with E-state index < -0.39 is 5.97 Å². The number of aryl methyl sites for hydroxylation is 2. The van der Waals surface area contributed by atoms with Gasteiger partial charge in [0.05, 0.1) is 11.6 Å². The van der Waals surface area contributed by atoms with Gasteiger partial charge in [-0.1, -0.05) is 6.07 Å². The Balaban J connectivity index is 2.68. The molecule has 0 spiro atoms. The van der Waals surface area contributed by atoms with Gasteiger partial charge in [0.15, 0.2) is 0 Å². The summed E-state index contributed by atoms with van der Waals surface area (Å²) in [4.78, 5) is 24.3. The Morgan fingerprint density at radius 1 is 1.36 bits per heavy atom. The molecule has 0 bridgehead atoms. The standard InChI is InChI=1S/C17H18N2O3/c1-10(2)22-15(20)9-19-8-13(7-18)17(21)14-6-11(3)5-12(4)16(14)19/h5-6,8,10H,9H2,1-4H3. The van der Waals surface area contributed by atoms with Crippen LogP contribution in [0.2, 0.25) is 0 Å². The first-order valence-electron chi connectivity index (χ1n) is 7.07. The minimum absolute atomic E-state index is 0.0230. The topological polar surface area (TPSA) is 72.1 Å². The van der Waals surface area contributed by atoms with Crippen LogP contribution >= 0.6 is 0 Å². The van der Waals surface area contributed by atoms with Gasteiger partial charge in [-0.05, 0) is 44.9 Å². The van der Waals surface area contributed by atoms with E-state index in [-0.39, 0.29) is 23.6 Å². The van der Waals surface area contributed by atoms with Crippen LogP contribution in [0.4, 0.5) is 0 Å². The third kappa shape index (κ3) is 3.01. The van der Waals surface area contributed by atoms with Crippen LogP contribution in [0.25, 0.3) is 10.9 Å². The van der Waals surface area contributed by atoms with E-state index in [2.05, 4.69) is 0 Å². The molecule has 0 saturated heterocycles. The molecule has 5 nitrogen and oxygen atoms in total. The Morgan fingerprint density at radius 3 is 2.64 bits per heavy atom. The molecule has 0 fully saturated rings. The van der Waals surface area contributed by atoms with Gasteiger partial charge in [0, 0.05) is 11.6 Å². The number of pyridine rings is 1. The maximum absolute atomic E-state index is 12.3. The van der Waals surface area contributed by atoms with Crippen molar-refractivity contribution in [2.75, 3.05) is 0 Å². The highest BCUT2D eigenvalue weighted by Gasteiger charge is 2.14. The molecular weight excluding hydrogens is 280 g/mol. The fourth-order valence-electron chi connectivity index (χ4n) is 2.58. The second-order valence-electron chi connectivity index (χ2n) is 5.63. The number of benzene rings is 1. The molecule has 0 radical (unpaired) electrons. The number of hydrogen-bond donors (Lipinski definition) is 0. The van der Waals surface area contributed by atoms with E-state index in [1.165, 1.54) is 6.20 Å². The summed E-state index contributed by atoms with van der Waals surface area (Å²) in [6.07, 6.45) is 1.21. The van der Waals surface area contributed by atoms with Gasteiger partial charge < -0.3 is 9.30 Å². The lowest BCUT2D eigenvalue weighted by atomic mass is 10.0. The number of carbonyl (C=O) groups is 1. The molecule has 1 aromatic heterocycles. The van der Waals surface area contributed by atoms with Gasteiger partial charge in [-0.25, -0.2) is 0 Å². The Morgan fingerprint density at radius 2 is 2.05 bits per heavy atom. The third-order valence-corrected chi connectivity index (χ3v) is 3.29. The second kappa shape index (κ2) is 6.02. The van der Waals surface area contributed by atoms with E-state index in [9.17, 15) is 9.59 Å². The monoisotopic (exact) mass is 298 g/mol. The first-order chi connectivity index (χ1) is 10.3. The van der Waals surface area contributed by atoms with Crippen molar-refractivity contribution < 1.29 is 9.53 Å². The maximum atomic E-state index is 12.3. The van der Waals surface area contributed by atoms with Crippen molar-refractivity contribution in [1.29, 1.82) is 5.26 Å². The van der Waals surface area contributed by atoms with E-state index in [1.54, 1.807) is 24.5 Å². The largest absolute Gasteiger partial charge is 0.462 e. The number of nitrogens with zero attached hydrogens (tertiary/aromatic N) is 2. The highest BCUT2D eigenvalue weighted by Crippen LogP contribution is 2.19. The van der Waals surface area contributed by atoms with E-state index in [0.717, 1.165) is 11.1 Å². The number of aromatic nitrogens is 1. The van der Waals surface area contributed by atoms with Gasteiger partial charge >= 0.3 is 5.97 Å². The van der Waals surface area contributed by atoms with Crippen LogP contribution in [0.3, 0.4) is 0 Å². The molecule has 0 aliphatic rings. The highest BCUT2D eigenvalue weighted by atomic mass is 16.5. The van der Waals surface area contributed by atoms with Gasteiger partial charge in [0.2, 0.25) is 5.43 Å². The van der Waals surface area contributed by atoms with E-state index in [1.807, 2.05) is 26.0 Å². The average molecular weight is 298 g/mol. The third-order valence-electron chi connectivity index (χ3n) is 3.29. The fraction of sp³-hybridized carbons (Fsp3) is 0.353. The summed E-state index contributed by atoms with van der Waals surface area (Å²) in [5.74, 6) is -0.399. The van der Waals surface area contributed by atoms with Crippen molar-refractivity contribution >= 4 is 16.9 Å². The predicted octanol–water partition coefficient (Wildman–Crippen LogP) is 2.44. The van der Waals surface area contributed by atoms with Crippen LogP contribution in [-0.4, -0.2) is 16.6 Å². The first-order valence-corrected chi connectivity index (χ1v) is 7.07. The van der Waals surface area contributed by atoms with Crippen molar-refractivity contribution in [1.82, 2.24) is 4.57 Å². The molecule has 5 heteroatoms. The summed E-state index contributed by atoms with van der Waals surface area (Å²) in [7, 11) is 0. The van der Waals surface area contributed by atoms with Crippen LogP contribution in [0, 0.1) is 25.2 Å². The van der Waals surface area contributed by atoms with Gasteiger partial charge in [0.1, 0.15) is 18.2 Å². The van der Waals surface area contributed by atoms with Crippen LogP contribution in [-0.2, 0) is 16.1 Å². The van der Waals surface area contributed by atoms with Crippen molar-refractivity contribution in [2.45, 2.75) is 40.3 Å². The molecule has 0 amide bonds. The number of hydrogen-bond acceptors (Lipinski definition) is 4. The molecule has 0 N–H and O–H groups in total. The number of esters is 1. The Bertz CT molecular complexity index is 842. The number of ether oxygens (including phenoxy) is 1. The number of rotatable bonds is 3. The van der Waals surface area contributed by atoms with Crippen LogP contribution < -0.4 is 5.43 Å². The maximum Gasteiger partial charge on any atom is 0.326 e.